The lowest BCUT2D eigenvalue weighted by Crippen LogP contribution is -2.15. The molecule has 0 spiro atoms. The Hall–Kier alpha value is -1.42. The molecule has 128 valence electrons. The van der Waals surface area contributed by atoms with Crippen molar-refractivity contribution in [3.05, 3.63) is 46.4 Å². The third-order valence-corrected chi connectivity index (χ3v) is 7.44. The van der Waals surface area contributed by atoms with Gasteiger partial charge < -0.3 is 0 Å². The second-order valence-corrected chi connectivity index (χ2v) is 10.6. The maximum atomic E-state index is 12.3. The second-order valence-electron chi connectivity index (χ2n) is 5.55. The van der Waals surface area contributed by atoms with Crippen LogP contribution in [0, 0.1) is 0 Å². The summed E-state index contributed by atoms with van der Waals surface area (Å²) in [6.45, 7) is 4.21. The van der Waals surface area contributed by atoms with Gasteiger partial charge >= 0.3 is 0 Å². The van der Waals surface area contributed by atoms with Gasteiger partial charge in [-0.1, -0.05) is 60.8 Å². The molecule has 25 heavy (non-hydrogen) atoms. The average Bonchev–Trinajstić information content (AvgIpc) is 3.15. The summed E-state index contributed by atoms with van der Waals surface area (Å²) in [5, 5.41) is 4.77. The molecule has 3 heterocycles. The molecule has 0 atom stereocenters. The molecule has 0 aliphatic rings. The largest absolute Gasteiger partial charge is 0.275 e. The highest BCUT2D eigenvalue weighted by Gasteiger charge is 2.12. The number of para-hydroxylation sites is 1. The number of aromatic nitrogens is 4. The Bertz CT molecular complexity index is 1070. The molecule has 0 N–H and O–H groups in total. The summed E-state index contributed by atoms with van der Waals surface area (Å²) in [7, 11) is 0. The molecule has 0 radical (unpaired) electrons. The standard InChI is InChI=1S/C16H14N4OS4/c1-9(2)23-16-19-20-13(21)7-10(17-14(20)25-16)8-22-15-18-11-5-3-4-6-12(11)24-15/h3-7,9H,8H2,1-2H3. The van der Waals surface area contributed by atoms with Crippen LogP contribution in [0.4, 0.5) is 0 Å². The van der Waals surface area contributed by atoms with Gasteiger partial charge in [-0.3, -0.25) is 4.79 Å². The summed E-state index contributed by atoms with van der Waals surface area (Å²) in [6.07, 6.45) is 0. The fourth-order valence-electron chi connectivity index (χ4n) is 2.21. The van der Waals surface area contributed by atoms with Crippen molar-refractivity contribution in [2.45, 2.75) is 33.5 Å². The van der Waals surface area contributed by atoms with Gasteiger partial charge in [0, 0.05) is 17.1 Å². The lowest BCUT2D eigenvalue weighted by Gasteiger charge is -1.98. The van der Waals surface area contributed by atoms with Crippen LogP contribution in [0.5, 0.6) is 0 Å². The molecule has 0 unspecified atom stereocenters. The number of benzene rings is 1. The lowest BCUT2D eigenvalue weighted by atomic mass is 10.3. The monoisotopic (exact) mass is 406 g/mol. The van der Waals surface area contributed by atoms with Crippen LogP contribution in [-0.4, -0.2) is 24.8 Å². The summed E-state index contributed by atoms with van der Waals surface area (Å²) in [4.78, 5) is 22.1. The van der Waals surface area contributed by atoms with E-state index in [9.17, 15) is 4.79 Å². The summed E-state index contributed by atoms with van der Waals surface area (Å²) in [5.41, 5.74) is 1.65. The van der Waals surface area contributed by atoms with Crippen LogP contribution in [0.15, 0.2) is 43.8 Å². The molecular weight excluding hydrogens is 392 g/mol. The minimum Gasteiger partial charge on any atom is -0.267 e. The number of nitrogens with zero attached hydrogens (tertiary/aromatic N) is 4. The van der Waals surface area contributed by atoms with Gasteiger partial charge in [-0.05, 0) is 12.1 Å². The van der Waals surface area contributed by atoms with E-state index < -0.39 is 0 Å². The third kappa shape index (κ3) is 3.74. The number of hydrogen-bond acceptors (Lipinski definition) is 8. The first-order valence-electron chi connectivity index (χ1n) is 7.63. The molecule has 4 aromatic rings. The minimum absolute atomic E-state index is 0.128. The number of fused-ring (bicyclic) bond motifs is 2. The highest BCUT2D eigenvalue weighted by Crippen LogP contribution is 2.31. The Morgan fingerprint density at radius 1 is 1.16 bits per heavy atom. The second kappa shape index (κ2) is 7.06. The molecular formula is C16H14N4OS4. The van der Waals surface area contributed by atoms with E-state index in [1.165, 1.54) is 20.6 Å². The van der Waals surface area contributed by atoms with Gasteiger partial charge in [0.2, 0.25) is 4.96 Å². The van der Waals surface area contributed by atoms with E-state index in [2.05, 4.69) is 35.0 Å². The van der Waals surface area contributed by atoms with Crippen molar-refractivity contribution in [3.63, 3.8) is 0 Å². The molecule has 0 saturated carbocycles. The van der Waals surface area contributed by atoms with E-state index in [0.717, 1.165) is 19.9 Å². The van der Waals surface area contributed by atoms with Gasteiger partial charge in [-0.2, -0.15) is 4.52 Å². The quantitative estimate of drug-likeness (QED) is 0.453. The van der Waals surface area contributed by atoms with Crippen LogP contribution < -0.4 is 5.56 Å². The molecule has 0 saturated heterocycles. The third-order valence-electron chi connectivity index (χ3n) is 3.23. The first kappa shape index (κ1) is 17.0. The van der Waals surface area contributed by atoms with Gasteiger partial charge in [-0.25, -0.2) is 9.97 Å². The molecule has 5 nitrogen and oxygen atoms in total. The predicted molar refractivity (Wildman–Crippen MR) is 107 cm³/mol. The van der Waals surface area contributed by atoms with E-state index in [-0.39, 0.29) is 5.56 Å². The fraction of sp³-hybridized carbons (Fsp3) is 0.250. The Labute approximate surface area is 160 Å². The van der Waals surface area contributed by atoms with E-state index in [4.69, 9.17) is 0 Å². The van der Waals surface area contributed by atoms with Crippen molar-refractivity contribution in [3.8, 4) is 0 Å². The van der Waals surface area contributed by atoms with Crippen molar-refractivity contribution >= 4 is 61.4 Å². The van der Waals surface area contributed by atoms with Crippen LogP contribution in [0.25, 0.3) is 15.2 Å². The zero-order valence-corrected chi connectivity index (χ0v) is 16.8. The predicted octanol–water partition coefficient (Wildman–Crippen LogP) is 4.55. The van der Waals surface area contributed by atoms with Gasteiger partial charge in [0.25, 0.3) is 5.56 Å². The van der Waals surface area contributed by atoms with Crippen molar-refractivity contribution in [2.75, 3.05) is 0 Å². The lowest BCUT2D eigenvalue weighted by molar-refractivity contribution is 0.848. The molecule has 0 bridgehead atoms. The molecule has 3 aromatic heterocycles. The maximum Gasteiger partial charge on any atom is 0.275 e. The normalized spacial score (nSPS) is 11.8. The molecule has 0 aliphatic heterocycles. The molecule has 1 aromatic carbocycles. The van der Waals surface area contributed by atoms with Gasteiger partial charge in [0.15, 0.2) is 8.68 Å². The molecule has 4 rings (SSSR count). The van der Waals surface area contributed by atoms with Crippen LogP contribution in [0.2, 0.25) is 0 Å². The van der Waals surface area contributed by atoms with Crippen LogP contribution in [-0.2, 0) is 5.75 Å². The highest BCUT2D eigenvalue weighted by molar-refractivity contribution is 8.01. The number of thiazole rings is 1. The Morgan fingerprint density at radius 3 is 2.80 bits per heavy atom. The van der Waals surface area contributed by atoms with Crippen molar-refractivity contribution in [1.82, 2.24) is 19.6 Å². The van der Waals surface area contributed by atoms with Gasteiger partial charge in [-0.15, -0.1) is 16.4 Å². The summed E-state index contributed by atoms with van der Waals surface area (Å²) >= 11 is 6.38. The smallest absolute Gasteiger partial charge is 0.267 e. The topological polar surface area (TPSA) is 60.2 Å². The summed E-state index contributed by atoms with van der Waals surface area (Å²) in [5.74, 6) is 0.621. The molecule has 0 aliphatic carbocycles. The number of thioether (sulfide) groups is 2. The minimum atomic E-state index is -0.128. The summed E-state index contributed by atoms with van der Waals surface area (Å²) < 4.78 is 4.42. The SMILES string of the molecule is CC(C)Sc1nn2c(=O)cc(CSc3nc4ccccc4s3)nc2s1. The molecule has 9 heteroatoms. The van der Waals surface area contributed by atoms with Crippen molar-refractivity contribution in [2.24, 2.45) is 0 Å². The first-order chi connectivity index (χ1) is 12.1. The maximum absolute atomic E-state index is 12.3. The number of hydrogen-bond donors (Lipinski definition) is 0. The first-order valence-corrected chi connectivity index (χ1v) is 11.1. The van der Waals surface area contributed by atoms with E-state index in [1.807, 2.05) is 18.2 Å². The zero-order valence-electron chi connectivity index (χ0n) is 13.5. The Morgan fingerprint density at radius 2 is 2.00 bits per heavy atom. The average molecular weight is 407 g/mol. The molecule has 0 amide bonds. The van der Waals surface area contributed by atoms with Crippen LogP contribution in [0.1, 0.15) is 19.5 Å². The number of rotatable bonds is 5. The van der Waals surface area contributed by atoms with E-state index in [1.54, 1.807) is 40.9 Å². The fourth-order valence-corrected chi connectivity index (χ4v) is 6.36. The van der Waals surface area contributed by atoms with Crippen LogP contribution in [0.3, 0.4) is 0 Å². The zero-order chi connectivity index (χ0) is 17.4. The Kier molecular flexibility index (Phi) is 4.81. The van der Waals surface area contributed by atoms with Gasteiger partial charge in [0.05, 0.1) is 15.9 Å². The van der Waals surface area contributed by atoms with Crippen molar-refractivity contribution < 1.29 is 0 Å². The van der Waals surface area contributed by atoms with Crippen LogP contribution >= 0.6 is 46.2 Å². The van der Waals surface area contributed by atoms with Crippen molar-refractivity contribution in [1.29, 1.82) is 0 Å². The highest BCUT2D eigenvalue weighted by atomic mass is 32.2. The van der Waals surface area contributed by atoms with E-state index in [0.29, 0.717) is 16.0 Å². The Balaban J connectivity index is 1.57. The summed E-state index contributed by atoms with van der Waals surface area (Å²) in [6, 6.07) is 9.65. The molecule has 0 fully saturated rings. The van der Waals surface area contributed by atoms with E-state index >= 15 is 0 Å². The van der Waals surface area contributed by atoms with Gasteiger partial charge in [0.1, 0.15) is 0 Å².